The van der Waals surface area contributed by atoms with Gasteiger partial charge in [-0.25, -0.2) is 17.9 Å². The maximum Gasteiger partial charge on any atom is 0.407 e. The Morgan fingerprint density at radius 1 is 1.13 bits per heavy atom. The van der Waals surface area contributed by atoms with E-state index < -0.39 is 51.2 Å². The number of sulfonamides is 1. The third kappa shape index (κ3) is 4.52. The van der Waals surface area contributed by atoms with Crippen molar-refractivity contribution in [2.45, 2.75) is 22.8 Å². The number of H-pyrrole nitrogens is 1. The normalized spacial score (nSPS) is 24.7. The van der Waals surface area contributed by atoms with Gasteiger partial charge in [0, 0.05) is 41.5 Å². The summed E-state index contributed by atoms with van der Waals surface area (Å²) in [6.07, 6.45) is 2.09. The van der Waals surface area contributed by atoms with E-state index in [-0.39, 0.29) is 24.4 Å². The number of carboxylic acid groups (broad SMARTS) is 1. The SMILES string of the molecule is C=CC1C[C@@]1(NC(=O)C1CN(C(=O)O)CC1c1ccc(Cl)cc1)C(=O)NS(=O)(=O)c1cccc2cc[nH]c12. The molecule has 2 heterocycles. The van der Waals surface area contributed by atoms with Crippen LogP contribution in [0.15, 0.2) is 72.3 Å². The van der Waals surface area contributed by atoms with Crippen molar-refractivity contribution in [1.82, 2.24) is 19.9 Å². The van der Waals surface area contributed by atoms with Gasteiger partial charge in [-0.3, -0.25) is 9.59 Å². The van der Waals surface area contributed by atoms with Gasteiger partial charge in [0.25, 0.3) is 15.9 Å². The molecule has 38 heavy (non-hydrogen) atoms. The second-order valence-corrected chi connectivity index (χ2v) is 11.7. The predicted molar refractivity (Wildman–Crippen MR) is 140 cm³/mol. The molecule has 1 saturated heterocycles. The molecule has 4 N–H and O–H groups in total. The fraction of sp³-hybridized carbons (Fsp3) is 0.269. The highest BCUT2D eigenvalue weighted by molar-refractivity contribution is 7.90. The lowest BCUT2D eigenvalue weighted by Crippen LogP contribution is -2.53. The van der Waals surface area contributed by atoms with Crippen molar-refractivity contribution in [1.29, 1.82) is 0 Å². The van der Waals surface area contributed by atoms with Gasteiger partial charge >= 0.3 is 6.09 Å². The van der Waals surface area contributed by atoms with Gasteiger partial charge in [-0.15, -0.1) is 6.58 Å². The van der Waals surface area contributed by atoms with E-state index >= 15 is 0 Å². The van der Waals surface area contributed by atoms with E-state index in [4.69, 9.17) is 11.6 Å². The number of hydrogen-bond donors (Lipinski definition) is 4. The van der Waals surface area contributed by atoms with Gasteiger partial charge in [-0.2, -0.15) is 0 Å². The smallest absolute Gasteiger partial charge is 0.407 e. The van der Waals surface area contributed by atoms with Crippen LogP contribution >= 0.6 is 11.6 Å². The highest BCUT2D eigenvalue weighted by atomic mass is 35.5. The van der Waals surface area contributed by atoms with Crippen molar-refractivity contribution < 1.29 is 27.9 Å². The summed E-state index contributed by atoms with van der Waals surface area (Å²) >= 11 is 5.99. The summed E-state index contributed by atoms with van der Waals surface area (Å²) in [5.41, 5.74) is -0.432. The van der Waals surface area contributed by atoms with Crippen molar-refractivity contribution in [2.75, 3.05) is 13.1 Å². The molecule has 1 aliphatic heterocycles. The molecule has 1 aliphatic carbocycles. The van der Waals surface area contributed by atoms with E-state index in [1.807, 2.05) is 0 Å². The molecule has 10 nitrogen and oxygen atoms in total. The topological polar surface area (TPSA) is 149 Å². The highest BCUT2D eigenvalue weighted by Crippen LogP contribution is 2.46. The van der Waals surface area contributed by atoms with Crippen molar-refractivity contribution in [2.24, 2.45) is 11.8 Å². The highest BCUT2D eigenvalue weighted by Gasteiger charge is 2.61. The molecular weight excluding hydrogens is 532 g/mol. The van der Waals surface area contributed by atoms with Crippen LogP contribution in [0.25, 0.3) is 10.9 Å². The number of amides is 3. The number of carbonyl (C=O) groups is 3. The minimum Gasteiger partial charge on any atom is -0.465 e. The molecule has 3 unspecified atom stereocenters. The molecule has 4 atom stereocenters. The summed E-state index contributed by atoms with van der Waals surface area (Å²) in [7, 11) is -4.28. The lowest BCUT2D eigenvalue weighted by molar-refractivity contribution is -0.131. The van der Waals surface area contributed by atoms with E-state index in [9.17, 15) is 27.9 Å². The lowest BCUT2D eigenvalue weighted by atomic mass is 9.88. The van der Waals surface area contributed by atoms with Crippen LogP contribution in [0.2, 0.25) is 5.02 Å². The molecule has 1 aromatic heterocycles. The van der Waals surface area contributed by atoms with Crippen LogP contribution in [0.4, 0.5) is 4.79 Å². The standard InChI is InChI=1S/C26H25ClN4O6S/c1-2-17-12-26(17,24(33)30-38(36,37)21-5-3-4-16-10-11-28-22(16)21)29-23(32)20-14-31(25(34)35)13-19(20)15-6-8-18(27)9-7-15/h2-11,17,19-20,28H,1,12-14H2,(H,29,32)(H,30,33)(H,34,35)/t17?,19?,20?,26-/m0/s1. The summed E-state index contributed by atoms with van der Waals surface area (Å²) in [5, 5.41) is 13.5. The number of para-hydroxylation sites is 1. The van der Waals surface area contributed by atoms with Crippen LogP contribution in [-0.4, -0.2) is 59.9 Å². The lowest BCUT2D eigenvalue weighted by Gasteiger charge is -2.23. The first kappa shape index (κ1) is 25.8. The second-order valence-electron chi connectivity index (χ2n) is 9.59. The van der Waals surface area contributed by atoms with Crippen LogP contribution in [0.3, 0.4) is 0 Å². The first-order chi connectivity index (χ1) is 18.1. The van der Waals surface area contributed by atoms with Gasteiger partial charge in [0.15, 0.2) is 0 Å². The maximum absolute atomic E-state index is 13.5. The Bertz CT molecular complexity index is 1550. The number of nitrogens with zero attached hydrogens (tertiary/aromatic N) is 1. The minimum atomic E-state index is -4.28. The fourth-order valence-corrected chi connectivity index (χ4v) is 6.53. The van der Waals surface area contributed by atoms with E-state index in [0.717, 1.165) is 10.5 Å². The van der Waals surface area contributed by atoms with Crippen LogP contribution < -0.4 is 10.0 Å². The van der Waals surface area contributed by atoms with Crippen LogP contribution in [0.1, 0.15) is 17.9 Å². The molecule has 2 fully saturated rings. The van der Waals surface area contributed by atoms with Gasteiger partial charge in [-0.1, -0.05) is 41.9 Å². The first-order valence-electron chi connectivity index (χ1n) is 11.9. The third-order valence-electron chi connectivity index (χ3n) is 7.34. The van der Waals surface area contributed by atoms with Crippen molar-refractivity contribution in [3.05, 3.63) is 78.0 Å². The van der Waals surface area contributed by atoms with Crippen molar-refractivity contribution in [3.63, 3.8) is 0 Å². The number of benzene rings is 2. The van der Waals surface area contributed by atoms with Gasteiger partial charge in [0.05, 0.1) is 11.4 Å². The predicted octanol–water partition coefficient (Wildman–Crippen LogP) is 3.08. The molecular formula is C26H25ClN4O6S. The Morgan fingerprint density at radius 2 is 1.87 bits per heavy atom. The zero-order chi connectivity index (χ0) is 27.2. The van der Waals surface area contributed by atoms with Gasteiger partial charge < -0.3 is 20.3 Å². The average Bonchev–Trinajstić information content (AvgIpc) is 3.21. The number of fused-ring (bicyclic) bond motifs is 1. The van der Waals surface area contributed by atoms with E-state index in [0.29, 0.717) is 15.9 Å². The van der Waals surface area contributed by atoms with Gasteiger partial charge in [0.2, 0.25) is 5.91 Å². The van der Waals surface area contributed by atoms with E-state index in [2.05, 4.69) is 21.6 Å². The largest absolute Gasteiger partial charge is 0.465 e. The molecule has 0 radical (unpaired) electrons. The third-order valence-corrected chi connectivity index (χ3v) is 8.97. The Balaban J connectivity index is 1.39. The quantitative estimate of drug-likeness (QED) is 0.329. The number of aromatic nitrogens is 1. The molecule has 12 heteroatoms. The fourth-order valence-electron chi connectivity index (χ4n) is 5.17. The van der Waals surface area contributed by atoms with Gasteiger partial charge in [-0.05, 0) is 36.2 Å². The maximum atomic E-state index is 13.5. The number of rotatable bonds is 7. The van der Waals surface area contributed by atoms with E-state index in [1.165, 1.54) is 12.1 Å². The summed E-state index contributed by atoms with van der Waals surface area (Å²) in [6.45, 7) is 3.74. The molecule has 2 aromatic carbocycles. The number of hydrogen-bond acceptors (Lipinski definition) is 5. The van der Waals surface area contributed by atoms with E-state index in [1.54, 1.807) is 48.7 Å². The van der Waals surface area contributed by atoms with Crippen molar-refractivity contribution in [3.8, 4) is 0 Å². The summed E-state index contributed by atoms with van der Waals surface area (Å²) in [5.74, 6) is -3.19. The molecule has 3 amide bonds. The zero-order valence-electron chi connectivity index (χ0n) is 20.1. The minimum absolute atomic E-state index is 0.0714. The molecule has 1 saturated carbocycles. The monoisotopic (exact) mass is 556 g/mol. The van der Waals surface area contributed by atoms with Crippen molar-refractivity contribution >= 4 is 50.4 Å². The Kier molecular flexibility index (Phi) is 6.44. The molecule has 3 aromatic rings. The molecule has 0 bridgehead atoms. The Hall–Kier alpha value is -3.83. The molecule has 198 valence electrons. The molecule has 0 spiro atoms. The van der Waals surface area contributed by atoms with Crippen LogP contribution in [0, 0.1) is 11.8 Å². The summed E-state index contributed by atoms with van der Waals surface area (Å²) in [6, 6.07) is 13.2. The van der Waals surface area contributed by atoms with Gasteiger partial charge in [0.1, 0.15) is 10.4 Å². The first-order valence-corrected chi connectivity index (χ1v) is 13.7. The number of aromatic amines is 1. The summed E-state index contributed by atoms with van der Waals surface area (Å²) < 4.78 is 28.5. The number of likely N-dealkylation sites (tertiary alicyclic amines) is 1. The number of nitrogens with one attached hydrogen (secondary N) is 3. The van der Waals surface area contributed by atoms with Crippen LogP contribution in [0.5, 0.6) is 0 Å². The molecule has 5 rings (SSSR count). The number of carbonyl (C=O) groups excluding carboxylic acids is 2. The second kappa shape index (κ2) is 9.48. The Morgan fingerprint density at radius 3 is 2.53 bits per heavy atom. The average molecular weight is 557 g/mol. The molecule has 2 aliphatic rings. The van der Waals surface area contributed by atoms with Crippen LogP contribution in [-0.2, 0) is 19.6 Å². The Labute approximate surface area is 223 Å². The summed E-state index contributed by atoms with van der Waals surface area (Å²) in [4.78, 5) is 42.5. The number of halogens is 1. The zero-order valence-corrected chi connectivity index (χ0v) is 21.6.